The highest BCUT2D eigenvalue weighted by molar-refractivity contribution is 9.11. The summed E-state index contributed by atoms with van der Waals surface area (Å²) in [7, 11) is -11.6. The third-order valence-electron chi connectivity index (χ3n) is 12.3. The fraction of sp³-hybridized carbons (Fsp3) is 0.0476. The molecule has 0 unspecified atom stereocenters. The van der Waals surface area contributed by atoms with Crippen LogP contribution in [0.1, 0.15) is 7.43 Å². The van der Waals surface area contributed by atoms with Gasteiger partial charge in [-0.05, 0) is 131 Å². The molecule has 0 atom stereocenters. The Hall–Kier alpha value is -7.92. The summed E-state index contributed by atoms with van der Waals surface area (Å²) in [6.07, 6.45) is 0. The van der Waals surface area contributed by atoms with Crippen LogP contribution in [0.4, 0.5) is 71.8 Å². The van der Waals surface area contributed by atoms with Gasteiger partial charge in [-0.3, -0.25) is 0 Å². The lowest BCUT2D eigenvalue weighted by atomic mass is 10.1. The molecule has 12 rings (SSSR count). The average Bonchev–Trinajstić information content (AvgIpc) is 4.23. The Bertz CT molecular complexity index is 4340. The van der Waals surface area contributed by atoms with Crippen LogP contribution in [0.3, 0.4) is 0 Å². The van der Waals surface area contributed by atoms with E-state index in [4.69, 9.17) is 4.18 Å². The number of para-hydroxylation sites is 6. The molecule has 0 radical (unpaired) electrons. The number of hydrogen-bond acceptors (Lipinski definition) is 11. The van der Waals surface area contributed by atoms with Crippen molar-refractivity contribution in [1.82, 2.24) is 0 Å². The summed E-state index contributed by atoms with van der Waals surface area (Å²) in [5, 5.41) is 6.01. The molecule has 0 saturated heterocycles. The standard InChI is InChI=1S/C37H25F3N2O3S2.C13H5Br2F3O3S2.C12H11N.CH4/c38-37(39,40)47(43,44)45-31-24-33-32-22-21-30(41(26-13-5-1-6-14-26)27-15-7-2-8-16-27)23-35(32)46-36(33)34(25-31)42(28-17-9-3-10-18-28)29-19-11-4-12-20-29;14-6-1-2-8-9-4-7(21-23(19,20)13(16,17)18)5-10(15)12(9)22-11(8)3-6;1-3-7-11(8-4-1)13-12-9-5-2-6-10-12;/h1-25H;1-5H;1-10,13H;1H4. The first kappa shape index (κ1) is 60.7. The largest absolute Gasteiger partial charge is 0.534 e. The maximum absolute atomic E-state index is 13.5. The Kier molecular flexibility index (Phi) is 18.4. The summed E-state index contributed by atoms with van der Waals surface area (Å²) in [4.78, 5) is 4.00. The Labute approximate surface area is 505 Å². The SMILES string of the molecule is C.O=S(=O)(Oc1cc(Br)c2sc3cc(Br)ccc3c2c1)C(F)(F)F.O=S(=O)(Oc1cc(N(c2ccccc2)c2ccccc2)c2sc3cc(N(c4ccccc4)c4ccccc4)ccc3c2c1)C(F)(F)F.c1ccc(Nc2ccccc2)cc1. The minimum absolute atomic E-state index is 0. The first-order valence-electron chi connectivity index (χ1n) is 24.7. The highest BCUT2D eigenvalue weighted by Crippen LogP contribution is 2.49. The molecule has 0 bridgehead atoms. The van der Waals surface area contributed by atoms with E-state index in [1.165, 1.54) is 46.9 Å². The predicted molar refractivity (Wildman–Crippen MR) is 338 cm³/mol. The van der Waals surface area contributed by atoms with Crippen molar-refractivity contribution >= 4 is 161 Å². The fourth-order valence-electron chi connectivity index (χ4n) is 8.75. The topological polar surface area (TPSA) is 105 Å². The van der Waals surface area contributed by atoms with Crippen molar-refractivity contribution in [3.63, 3.8) is 0 Å². The second-order valence-corrected chi connectivity index (χ2v) is 24.9. The average molecular weight is 1340 g/mol. The third-order valence-corrected chi connectivity index (χ3v) is 18.1. The van der Waals surface area contributed by atoms with Crippen LogP contribution in [-0.2, 0) is 20.2 Å². The molecule has 0 amide bonds. The van der Waals surface area contributed by atoms with Crippen molar-refractivity contribution in [1.29, 1.82) is 0 Å². The number of benzene rings is 10. The lowest BCUT2D eigenvalue weighted by Gasteiger charge is -2.26. The third kappa shape index (κ3) is 13.7. The van der Waals surface area contributed by atoms with Crippen LogP contribution in [0.15, 0.2) is 252 Å². The smallest absolute Gasteiger partial charge is 0.376 e. The number of anilines is 8. The zero-order valence-electron chi connectivity index (χ0n) is 42.6. The molecule has 0 saturated carbocycles. The normalized spacial score (nSPS) is 11.7. The highest BCUT2D eigenvalue weighted by Gasteiger charge is 2.49. The minimum Gasteiger partial charge on any atom is -0.376 e. The number of halogens is 8. The van der Waals surface area contributed by atoms with E-state index in [1.807, 2.05) is 211 Å². The summed E-state index contributed by atoms with van der Waals surface area (Å²) < 4.78 is 138. The van der Waals surface area contributed by atoms with E-state index < -0.39 is 42.8 Å². The Morgan fingerprint density at radius 2 is 0.762 bits per heavy atom. The van der Waals surface area contributed by atoms with Gasteiger partial charge in [0.15, 0.2) is 0 Å². The Morgan fingerprint density at radius 1 is 0.393 bits per heavy atom. The Balaban J connectivity index is 0.000000188. The maximum atomic E-state index is 13.5. The highest BCUT2D eigenvalue weighted by atomic mass is 79.9. The van der Waals surface area contributed by atoms with Crippen molar-refractivity contribution in [2.24, 2.45) is 0 Å². The molecule has 84 heavy (non-hydrogen) atoms. The molecule has 21 heteroatoms. The number of nitrogens with zero attached hydrogens (tertiary/aromatic N) is 2. The van der Waals surface area contributed by atoms with Crippen LogP contribution in [0, 0.1) is 0 Å². The van der Waals surface area contributed by atoms with Crippen molar-refractivity contribution in [2.75, 3.05) is 15.1 Å². The van der Waals surface area contributed by atoms with Gasteiger partial charge in [-0.25, -0.2) is 0 Å². The number of nitrogens with one attached hydrogen (secondary N) is 1. The van der Waals surface area contributed by atoms with E-state index in [2.05, 4.69) is 46.3 Å². The van der Waals surface area contributed by atoms with Crippen LogP contribution in [0.5, 0.6) is 11.5 Å². The second kappa shape index (κ2) is 25.5. The fourth-order valence-corrected chi connectivity index (χ4v) is 13.2. The van der Waals surface area contributed by atoms with Gasteiger partial charge in [0.05, 0.1) is 10.4 Å². The Morgan fingerprint density at radius 3 is 1.20 bits per heavy atom. The molecule has 0 aliphatic rings. The number of hydrogen-bond donors (Lipinski definition) is 1. The van der Waals surface area contributed by atoms with Gasteiger partial charge in [0.2, 0.25) is 0 Å². The van der Waals surface area contributed by atoms with E-state index in [1.54, 1.807) is 12.1 Å². The van der Waals surface area contributed by atoms with E-state index in [-0.39, 0.29) is 7.43 Å². The molecule has 9 nitrogen and oxygen atoms in total. The van der Waals surface area contributed by atoms with Crippen molar-refractivity contribution < 1.29 is 51.5 Å². The lowest BCUT2D eigenvalue weighted by Crippen LogP contribution is -2.28. The molecule has 0 fully saturated rings. The molecular formula is C63H45Br2F6N3O6S4. The second-order valence-electron chi connectivity index (χ2n) is 18.0. The first-order chi connectivity index (χ1) is 39.7. The van der Waals surface area contributed by atoms with Crippen LogP contribution in [0.25, 0.3) is 40.3 Å². The molecule has 428 valence electrons. The van der Waals surface area contributed by atoms with E-state index in [0.717, 1.165) is 73.9 Å². The van der Waals surface area contributed by atoms with Gasteiger partial charge < -0.3 is 23.5 Å². The monoisotopic (exact) mass is 1340 g/mol. The van der Waals surface area contributed by atoms with Crippen LogP contribution >= 0.6 is 54.5 Å². The zero-order chi connectivity index (χ0) is 58.5. The number of fused-ring (bicyclic) bond motifs is 6. The van der Waals surface area contributed by atoms with Gasteiger partial charge in [-0.15, -0.1) is 22.7 Å². The van der Waals surface area contributed by atoms with Crippen LogP contribution < -0.4 is 23.5 Å². The number of thiophene rings is 2. The summed E-state index contributed by atoms with van der Waals surface area (Å²) in [6.45, 7) is 0. The van der Waals surface area contributed by atoms with Gasteiger partial charge >= 0.3 is 31.3 Å². The molecule has 10 aromatic carbocycles. The van der Waals surface area contributed by atoms with E-state index >= 15 is 0 Å². The van der Waals surface area contributed by atoms with Gasteiger partial charge in [0.25, 0.3) is 0 Å². The molecule has 2 heterocycles. The van der Waals surface area contributed by atoms with Crippen molar-refractivity contribution in [3.05, 3.63) is 252 Å². The summed E-state index contributed by atoms with van der Waals surface area (Å²) >= 11 is 9.49. The summed E-state index contributed by atoms with van der Waals surface area (Å²) in [5.74, 6) is -0.843. The zero-order valence-corrected chi connectivity index (χ0v) is 49.0. The van der Waals surface area contributed by atoms with Gasteiger partial charge in [-0.2, -0.15) is 43.2 Å². The number of alkyl halides is 6. The predicted octanol–water partition coefficient (Wildman–Crippen LogP) is 21.1. The minimum atomic E-state index is -5.93. The van der Waals surface area contributed by atoms with E-state index in [0.29, 0.717) is 20.9 Å². The molecular weight excluding hydrogens is 1300 g/mol. The van der Waals surface area contributed by atoms with Gasteiger partial charge in [0.1, 0.15) is 11.5 Å². The molecule has 2 aromatic heterocycles. The van der Waals surface area contributed by atoms with Crippen molar-refractivity contribution in [3.8, 4) is 11.5 Å². The van der Waals surface area contributed by atoms with Gasteiger partial charge in [-0.1, -0.05) is 145 Å². The van der Waals surface area contributed by atoms with Crippen LogP contribution in [-0.4, -0.2) is 27.9 Å². The maximum Gasteiger partial charge on any atom is 0.534 e. The number of rotatable bonds is 12. The summed E-state index contributed by atoms with van der Waals surface area (Å²) in [5.41, 5.74) is -4.12. The van der Waals surface area contributed by atoms with E-state index in [9.17, 15) is 43.2 Å². The first-order valence-corrected chi connectivity index (χ1v) is 30.8. The molecule has 0 spiro atoms. The lowest BCUT2D eigenvalue weighted by molar-refractivity contribution is -0.0504. The molecule has 1 N–H and O–H groups in total. The molecule has 0 aliphatic carbocycles. The van der Waals surface area contributed by atoms with Gasteiger partial charge in [0, 0.05) is 90.5 Å². The molecule has 12 aromatic rings. The summed E-state index contributed by atoms with van der Waals surface area (Å²) in [6, 6.07) is 75.3. The van der Waals surface area contributed by atoms with Crippen LogP contribution in [0.2, 0.25) is 0 Å². The molecule has 0 aliphatic heterocycles. The van der Waals surface area contributed by atoms with Crippen molar-refractivity contribution in [2.45, 2.75) is 18.4 Å². The quantitative estimate of drug-likeness (QED) is 0.0727.